The molecule has 0 amide bonds. The van der Waals surface area contributed by atoms with Crippen LogP contribution in [0.1, 0.15) is 76.7 Å². The Morgan fingerprint density at radius 3 is 1.91 bits per heavy atom. The molecule has 0 heterocycles. The van der Waals surface area contributed by atoms with Gasteiger partial charge in [-0.3, -0.25) is 0 Å². The highest BCUT2D eigenvalue weighted by atomic mass is 32.2. The number of unbranched alkanes of at least 4 members (excludes halogenated alkanes) is 9. The van der Waals surface area contributed by atoms with Gasteiger partial charge in [0.25, 0.3) is 0 Å². The number of aryl methyl sites for hydroxylation is 1. The average molecular weight is 327 g/mol. The van der Waals surface area contributed by atoms with E-state index in [1.807, 2.05) is 12.1 Å². The van der Waals surface area contributed by atoms with Crippen LogP contribution in [-0.4, -0.2) is 5.26 Å². The van der Waals surface area contributed by atoms with Crippen LogP contribution in [0.3, 0.4) is 0 Å². The average Bonchev–Trinajstić information content (AvgIpc) is 2.56. The summed E-state index contributed by atoms with van der Waals surface area (Å²) in [5.74, 6) is 0. The molecule has 0 aromatic heterocycles. The van der Waals surface area contributed by atoms with E-state index in [4.69, 9.17) is 5.26 Å². The van der Waals surface area contributed by atoms with Gasteiger partial charge in [0, 0.05) is 4.90 Å². The van der Waals surface area contributed by atoms with Crippen LogP contribution in [0.15, 0.2) is 29.2 Å². The summed E-state index contributed by atoms with van der Waals surface area (Å²) >= 11 is 1.00. The Labute approximate surface area is 139 Å². The van der Waals surface area contributed by atoms with Gasteiger partial charge in [-0.25, -0.2) is 5.26 Å². The first-order valence-corrected chi connectivity index (χ1v) is 9.34. The molecular formula is C18H30O3S. The minimum absolute atomic E-state index is 0.917. The summed E-state index contributed by atoms with van der Waals surface area (Å²) < 4.78 is 4.40. The topological polar surface area (TPSA) is 38.7 Å². The lowest BCUT2D eigenvalue weighted by atomic mass is 10.0. The fourth-order valence-electron chi connectivity index (χ4n) is 2.58. The van der Waals surface area contributed by atoms with E-state index in [2.05, 4.69) is 28.4 Å². The van der Waals surface area contributed by atoms with Crippen molar-refractivity contribution in [2.45, 2.75) is 82.4 Å². The Morgan fingerprint density at radius 1 is 0.818 bits per heavy atom. The number of benzene rings is 1. The van der Waals surface area contributed by atoms with Gasteiger partial charge in [0.15, 0.2) is 0 Å². The van der Waals surface area contributed by atoms with Gasteiger partial charge in [-0.1, -0.05) is 81.9 Å². The van der Waals surface area contributed by atoms with E-state index >= 15 is 0 Å². The fourth-order valence-corrected chi connectivity index (χ4v) is 2.94. The lowest BCUT2D eigenvalue weighted by molar-refractivity contribution is -0.432. The summed E-state index contributed by atoms with van der Waals surface area (Å²) in [7, 11) is 0. The van der Waals surface area contributed by atoms with Crippen molar-refractivity contribution in [3.8, 4) is 0 Å². The number of rotatable bonds is 14. The van der Waals surface area contributed by atoms with E-state index in [-0.39, 0.29) is 0 Å². The lowest BCUT2D eigenvalue weighted by Crippen LogP contribution is -1.87. The molecule has 22 heavy (non-hydrogen) atoms. The van der Waals surface area contributed by atoms with Crippen LogP contribution in [-0.2, 0) is 15.8 Å². The summed E-state index contributed by atoms with van der Waals surface area (Å²) in [6, 6.07) is 8.18. The van der Waals surface area contributed by atoms with E-state index in [9.17, 15) is 0 Å². The molecule has 0 aliphatic heterocycles. The molecule has 1 aromatic carbocycles. The predicted octanol–water partition coefficient (Wildman–Crippen LogP) is 6.58. The summed E-state index contributed by atoms with van der Waals surface area (Å²) in [6.07, 6.45) is 14.9. The van der Waals surface area contributed by atoms with Crippen molar-refractivity contribution in [3.63, 3.8) is 0 Å². The van der Waals surface area contributed by atoms with Crippen LogP contribution in [0.5, 0.6) is 0 Å². The van der Waals surface area contributed by atoms with Crippen molar-refractivity contribution in [2.24, 2.45) is 0 Å². The molecule has 3 nitrogen and oxygen atoms in total. The molecule has 0 atom stereocenters. The molecule has 0 unspecified atom stereocenters. The molecule has 0 fully saturated rings. The van der Waals surface area contributed by atoms with E-state index in [1.165, 1.54) is 69.8 Å². The molecule has 1 aromatic rings. The van der Waals surface area contributed by atoms with E-state index in [0.717, 1.165) is 23.4 Å². The standard InChI is InChI=1S/C18H30O3S/c1-2-3-4-5-6-7-8-9-10-11-12-17-13-15-18(16-14-17)22-21-20-19/h13-16,19H,2-12H2,1H3. The lowest BCUT2D eigenvalue weighted by Gasteiger charge is -2.04. The van der Waals surface area contributed by atoms with Crippen molar-refractivity contribution in [2.75, 3.05) is 0 Å². The normalized spacial score (nSPS) is 11.0. The third-order valence-electron chi connectivity index (χ3n) is 3.90. The monoisotopic (exact) mass is 326 g/mol. The van der Waals surface area contributed by atoms with Crippen LogP contribution in [0.25, 0.3) is 0 Å². The van der Waals surface area contributed by atoms with Gasteiger partial charge < -0.3 is 0 Å². The maximum Gasteiger partial charge on any atom is 0.0714 e. The van der Waals surface area contributed by atoms with Crippen LogP contribution in [0, 0.1) is 0 Å². The molecule has 0 spiro atoms. The van der Waals surface area contributed by atoms with Gasteiger partial charge in [0.2, 0.25) is 0 Å². The summed E-state index contributed by atoms with van der Waals surface area (Å²) in [6.45, 7) is 2.27. The van der Waals surface area contributed by atoms with Gasteiger partial charge in [-0.15, -0.1) is 4.33 Å². The van der Waals surface area contributed by atoms with Gasteiger partial charge in [-0.05, 0) is 30.5 Å². The zero-order valence-corrected chi connectivity index (χ0v) is 14.6. The maximum absolute atomic E-state index is 8.10. The molecule has 0 aliphatic rings. The molecule has 126 valence electrons. The number of hydrogen-bond acceptors (Lipinski definition) is 4. The zero-order valence-electron chi connectivity index (χ0n) is 13.8. The Kier molecular flexibility index (Phi) is 12.5. The van der Waals surface area contributed by atoms with Gasteiger partial charge in [-0.2, -0.15) is 0 Å². The van der Waals surface area contributed by atoms with E-state index in [0.29, 0.717) is 0 Å². The Hall–Kier alpha value is -0.550. The molecule has 4 heteroatoms. The van der Waals surface area contributed by atoms with Crippen molar-refractivity contribution in [1.29, 1.82) is 0 Å². The largest absolute Gasteiger partial charge is 0.220 e. The fraction of sp³-hybridized carbons (Fsp3) is 0.667. The highest BCUT2D eigenvalue weighted by molar-refractivity contribution is 7.94. The van der Waals surface area contributed by atoms with Crippen molar-refractivity contribution >= 4 is 12.0 Å². The quantitative estimate of drug-likeness (QED) is 0.181. The summed E-state index contributed by atoms with van der Waals surface area (Å²) in [4.78, 5) is 0.917. The smallest absolute Gasteiger partial charge is 0.0714 e. The maximum atomic E-state index is 8.10. The summed E-state index contributed by atoms with van der Waals surface area (Å²) in [5.41, 5.74) is 1.36. The molecule has 0 saturated carbocycles. The second-order valence-electron chi connectivity index (χ2n) is 5.80. The van der Waals surface area contributed by atoms with Crippen LogP contribution >= 0.6 is 12.0 Å². The molecule has 0 aliphatic carbocycles. The first-order valence-electron chi connectivity index (χ1n) is 8.60. The molecule has 0 saturated heterocycles. The Morgan fingerprint density at radius 2 is 1.36 bits per heavy atom. The third kappa shape index (κ3) is 10.2. The van der Waals surface area contributed by atoms with Crippen molar-refractivity contribution in [3.05, 3.63) is 29.8 Å². The zero-order chi connectivity index (χ0) is 15.9. The first kappa shape index (κ1) is 19.5. The Balaban J connectivity index is 1.96. The van der Waals surface area contributed by atoms with Crippen LogP contribution in [0.4, 0.5) is 0 Å². The second-order valence-corrected chi connectivity index (χ2v) is 6.58. The van der Waals surface area contributed by atoms with Gasteiger partial charge >= 0.3 is 0 Å². The predicted molar refractivity (Wildman–Crippen MR) is 92.6 cm³/mol. The molecule has 0 bridgehead atoms. The highest BCUT2D eigenvalue weighted by Gasteiger charge is 1.98. The molecule has 1 N–H and O–H groups in total. The minimum atomic E-state index is 0.917. The van der Waals surface area contributed by atoms with Crippen LogP contribution < -0.4 is 0 Å². The minimum Gasteiger partial charge on any atom is -0.220 e. The first-order chi connectivity index (χ1) is 10.9. The number of hydrogen-bond donors (Lipinski definition) is 1. The van der Waals surface area contributed by atoms with Crippen molar-refractivity contribution < 1.29 is 14.6 Å². The molecule has 0 radical (unpaired) electrons. The Bertz CT molecular complexity index is 354. The van der Waals surface area contributed by atoms with Gasteiger partial charge in [0.05, 0.1) is 12.0 Å². The van der Waals surface area contributed by atoms with Crippen LogP contribution in [0.2, 0.25) is 0 Å². The summed E-state index contributed by atoms with van der Waals surface area (Å²) in [5, 5.41) is 11.7. The third-order valence-corrected chi connectivity index (χ3v) is 4.50. The van der Waals surface area contributed by atoms with E-state index in [1.54, 1.807) is 0 Å². The molecular weight excluding hydrogens is 296 g/mol. The van der Waals surface area contributed by atoms with E-state index < -0.39 is 0 Å². The second kappa shape index (κ2) is 14.1. The SMILES string of the molecule is CCCCCCCCCCCCc1ccc(SOOO)cc1. The highest BCUT2D eigenvalue weighted by Crippen LogP contribution is 2.20. The van der Waals surface area contributed by atoms with Crippen molar-refractivity contribution in [1.82, 2.24) is 0 Å². The van der Waals surface area contributed by atoms with Gasteiger partial charge in [0.1, 0.15) is 0 Å². The molecule has 1 rings (SSSR count).